The highest BCUT2D eigenvalue weighted by atomic mass is 32.2. The van der Waals surface area contributed by atoms with E-state index in [1.165, 1.54) is 48.3 Å². The van der Waals surface area contributed by atoms with Gasteiger partial charge in [0.1, 0.15) is 0 Å². The van der Waals surface area contributed by atoms with Crippen molar-refractivity contribution < 1.29 is 0 Å². The Labute approximate surface area is 115 Å². The molecule has 1 aromatic rings. The molecule has 1 aliphatic rings. The van der Waals surface area contributed by atoms with Crippen LogP contribution in [0, 0.1) is 12.3 Å². The van der Waals surface area contributed by atoms with E-state index in [0.717, 1.165) is 5.75 Å². The highest BCUT2D eigenvalue weighted by Gasteiger charge is 2.30. The second-order valence-electron chi connectivity index (χ2n) is 5.32. The van der Waals surface area contributed by atoms with Gasteiger partial charge in [0.2, 0.25) is 0 Å². The molecule has 0 N–H and O–H groups in total. The molecule has 1 aromatic carbocycles. The number of hydrogen-bond acceptors (Lipinski definition) is 2. The van der Waals surface area contributed by atoms with E-state index in [1.54, 1.807) is 0 Å². The van der Waals surface area contributed by atoms with Crippen LogP contribution in [0.25, 0.3) is 0 Å². The van der Waals surface area contributed by atoms with Crippen molar-refractivity contribution in [2.24, 2.45) is 5.41 Å². The van der Waals surface area contributed by atoms with Crippen molar-refractivity contribution in [3.8, 4) is 0 Å². The largest absolute Gasteiger partial charge is 0.179 e. The molecule has 0 heterocycles. The van der Waals surface area contributed by atoms with Crippen LogP contribution in [-0.4, -0.2) is 11.5 Å². The molecule has 1 aliphatic carbocycles. The molecule has 0 unspecified atom stereocenters. The molecule has 0 atom stereocenters. The Morgan fingerprint density at radius 1 is 1.24 bits per heavy atom. The number of rotatable bonds is 4. The Morgan fingerprint density at radius 3 is 2.65 bits per heavy atom. The minimum atomic E-state index is 0.496. The minimum absolute atomic E-state index is 0.496. The van der Waals surface area contributed by atoms with Crippen LogP contribution in [-0.2, 0) is 0 Å². The van der Waals surface area contributed by atoms with E-state index in [0.29, 0.717) is 5.41 Å². The lowest BCUT2D eigenvalue weighted by atomic mass is 9.77. The fourth-order valence-electron chi connectivity index (χ4n) is 2.59. The van der Waals surface area contributed by atoms with Crippen LogP contribution >= 0.6 is 24.4 Å². The molecule has 17 heavy (non-hydrogen) atoms. The van der Waals surface area contributed by atoms with Gasteiger partial charge < -0.3 is 0 Å². The summed E-state index contributed by atoms with van der Waals surface area (Å²) in [7, 11) is 0. The molecule has 0 amide bonds. The molecule has 0 saturated heterocycles. The number of thiol groups is 1. The summed E-state index contributed by atoms with van der Waals surface area (Å²) < 4.78 is 0. The van der Waals surface area contributed by atoms with Crippen LogP contribution in [0.15, 0.2) is 29.2 Å². The molecular weight excluding hydrogens is 244 g/mol. The maximum atomic E-state index is 4.60. The predicted octanol–water partition coefficient (Wildman–Crippen LogP) is 4.97. The lowest BCUT2D eigenvalue weighted by Gasteiger charge is -2.35. The summed E-state index contributed by atoms with van der Waals surface area (Å²) in [6.45, 7) is 2.17. The van der Waals surface area contributed by atoms with E-state index in [4.69, 9.17) is 0 Å². The summed E-state index contributed by atoms with van der Waals surface area (Å²) in [6.07, 6.45) is 6.96. The lowest BCUT2D eigenvalue weighted by Crippen LogP contribution is -2.28. The topological polar surface area (TPSA) is 0 Å². The molecule has 0 spiro atoms. The monoisotopic (exact) mass is 266 g/mol. The fraction of sp³-hybridized carbons (Fsp3) is 0.600. The van der Waals surface area contributed by atoms with Crippen molar-refractivity contribution in [2.45, 2.75) is 43.9 Å². The first-order valence-electron chi connectivity index (χ1n) is 6.54. The second-order valence-corrected chi connectivity index (χ2v) is 6.69. The van der Waals surface area contributed by atoms with Crippen molar-refractivity contribution in [3.05, 3.63) is 29.8 Å². The summed E-state index contributed by atoms with van der Waals surface area (Å²) in [5.74, 6) is 2.28. The molecular formula is C15H22S2. The number of benzene rings is 1. The van der Waals surface area contributed by atoms with E-state index in [9.17, 15) is 0 Å². The minimum Gasteiger partial charge on any atom is -0.179 e. The van der Waals surface area contributed by atoms with Crippen LogP contribution in [0.1, 0.15) is 37.7 Å². The van der Waals surface area contributed by atoms with Gasteiger partial charge in [0.05, 0.1) is 0 Å². The van der Waals surface area contributed by atoms with E-state index >= 15 is 0 Å². The Bertz CT molecular complexity index is 354. The number of thioether (sulfide) groups is 1. The first-order valence-corrected chi connectivity index (χ1v) is 8.16. The fourth-order valence-corrected chi connectivity index (χ4v) is 4.48. The molecule has 0 radical (unpaired) electrons. The lowest BCUT2D eigenvalue weighted by molar-refractivity contribution is 0.259. The smallest absolute Gasteiger partial charge is 0.00747 e. The quantitative estimate of drug-likeness (QED) is 0.593. The van der Waals surface area contributed by atoms with Gasteiger partial charge in [-0.15, -0.1) is 11.8 Å². The van der Waals surface area contributed by atoms with Crippen LogP contribution in [0.2, 0.25) is 0 Å². The molecule has 1 saturated carbocycles. The molecule has 0 aliphatic heterocycles. The third-order valence-corrected chi connectivity index (χ3v) is 5.80. The third kappa shape index (κ3) is 3.69. The Hall–Kier alpha value is -0.0800. The van der Waals surface area contributed by atoms with Crippen molar-refractivity contribution in [3.63, 3.8) is 0 Å². The van der Waals surface area contributed by atoms with Gasteiger partial charge in [-0.2, -0.15) is 12.6 Å². The molecule has 94 valence electrons. The van der Waals surface area contributed by atoms with E-state index in [-0.39, 0.29) is 0 Å². The molecule has 2 heteroatoms. The van der Waals surface area contributed by atoms with Crippen molar-refractivity contribution in [1.29, 1.82) is 0 Å². The van der Waals surface area contributed by atoms with Gasteiger partial charge in [0.15, 0.2) is 0 Å². The van der Waals surface area contributed by atoms with Gasteiger partial charge in [-0.1, -0.05) is 37.0 Å². The Morgan fingerprint density at radius 2 is 2.00 bits per heavy atom. The molecule has 0 aromatic heterocycles. The first-order chi connectivity index (χ1) is 8.24. The average molecular weight is 266 g/mol. The maximum absolute atomic E-state index is 4.60. The molecule has 0 bridgehead atoms. The van der Waals surface area contributed by atoms with Crippen LogP contribution in [0.4, 0.5) is 0 Å². The van der Waals surface area contributed by atoms with Gasteiger partial charge in [-0.05, 0) is 43.1 Å². The highest BCUT2D eigenvalue weighted by molar-refractivity contribution is 7.99. The van der Waals surface area contributed by atoms with E-state index in [2.05, 4.69) is 43.8 Å². The summed E-state index contributed by atoms with van der Waals surface area (Å²) in [6, 6.07) is 8.84. The van der Waals surface area contributed by atoms with Gasteiger partial charge >= 0.3 is 0 Å². The van der Waals surface area contributed by atoms with Crippen LogP contribution in [0.5, 0.6) is 0 Å². The Balaban J connectivity index is 1.95. The number of aryl methyl sites for hydroxylation is 1. The zero-order valence-electron chi connectivity index (χ0n) is 10.6. The molecule has 0 nitrogen and oxygen atoms in total. The number of hydrogen-bond donors (Lipinski definition) is 1. The predicted molar refractivity (Wildman–Crippen MR) is 81.3 cm³/mol. The van der Waals surface area contributed by atoms with Gasteiger partial charge in [-0.3, -0.25) is 0 Å². The highest BCUT2D eigenvalue weighted by Crippen LogP contribution is 2.41. The van der Waals surface area contributed by atoms with Gasteiger partial charge in [0, 0.05) is 10.6 Å². The molecule has 1 fully saturated rings. The molecule has 2 rings (SSSR count). The summed E-state index contributed by atoms with van der Waals surface area (Å²) in [4.78, 5) is 1.41. The average Bonchev–Trinajstić information content (AvgIpc) is 2.38. The normalized spacial score (nSPS) is 19.2. The first kappa shape index (κ1) is 13.4. The van der Waals surface area contributed by atoms with Crippen molar-refractivity contribution >= 4 is 24.4 Å². The van der Waals surface area contributed by atoms with Crippen molar-refractivity contribution in [1.82, 2.24) is 0 Å². The summed E-state index contributed by atoms with van der Waals surface area (Å²) in [5.41, 5.74) is 1.86. The zero-order chi connectivity index (χ0) is 12.1. The maximum Gasteiger partial charge on any atom is 0.00747 e. The zero-order valence-corrected chi connectivity index (χ0v) is 12.3. The third-order valence-electron chi connectivity index (χ3n) is 3.78. The van der Waals surface area contributed by atoms with Crippen molar-refractivity contribution in [2.75, 3.05) is 11.5 Å². The standard InChI is InChI=1S/C15H22S2/c1-13-6-5-7-14(10-13)17-12-15(11-16)8-3-2-4-9-15/h5-7,10,16H,2-4,8-9,11-12H2,1H3. The van der Waals surface area contributed by atoms with Crippen LogP contribution in [0.3, 0.4) is 0 Å². The Kier molecular flexibility index (Phi) is 4.87. The summed E-state index contributed by atoms with van der Waals surface area (Å²) >= 11 is 6.62. The van der Waals surface area contributed by atoms with E-state index < -0.39 is 0 Å². The van der Waals surface area contributed by atoms with Gasteiger partial charge in [-0.25, -0.2) is 0 Å². The SMILES string of the molecule is Cc1cccc(SCC2(CS)CCCCC2)c1. The van der Waals surface area contributed by atoms with Gasteiger partial charge in [0.25, 0.3) is 0 Å². The summed E-state index contributed by atoms with van der Waals surface area (Å²) in [5, 5.41) is 0. The van der Waals surface area contributed by atoms with Crippen LogP contribution < -0.4 is 0 Å². The second kappa shape index (κ2) is 6.19. The van der Waals surface area contributed by atoms with E-state index in [1.807, 2.05) is 11.8 Å².